The number of hydrogen-bond acceptors (Lipinski definition) is 4. The zero-order valence-electron chi connectivity index (χ0n) is 6.37. The minimum atomic E-state index is -0.242. The molecule has 0 saturated carbocycles. The van der Waals surface area contributed by atoms with Crippen LogP contribution in [0.2, 0.25) is 0 Å². The number of nitrogens with zero attached hydrogens (tertiary/aromatic N) is 2. The van der Waals surface area contributed by atoms with E-state index in [4.69, 9.17) is 20.9 Å². The molecule has 0 aliphatic rings. The number of rotatable bonds is 3. The smallest absolute Gasteiger partial charge is 0.244 e. The molecule has 62 valence electrons. The summed E-state index contributed by atoms with van der Waals surface area (Å²) in [4.78, 5) is 3.96. The fourth-order valence-electron chi connectivity index (χ4n) is 0.617. The van der Waals surface area contributed by atoms with Crippen molar-refractivity contribution in [3.8, 4) is 0 Å². The van der Waals surface area contributed by atoms with Crippen LogP contribution < -0.4 is 0 Å². The van der Waals surface area contributed by atoms with Gasteiger partial charge in [0, 0.05) is 7.11 Å². The van der Waals surface area contributed by atoms with E-state index >= 15 is 0 Å². The van der Waals surface area contributed by atoms with Crippen molar-refractivity contribution in [3.63, 3.8) is 0 Å². The lowest BCUT2D eigenvalue weighted by molar-refractivity contribution is 0.174. The quantitative estimate of drug-likeness (QED) is 0.656. The molecule has 1 aromatic rings. The predicted molar refractivity (Wildman–Crippen MR) is 39.3 cm³/mol. The molecule has 0 fully saturated rings. The van der Waals surface area contributed by atoms with Crippen LogP contribution in [-0.2, 0) is 11.3 Å². The molecular formula is C6H9ClN2O2. The van der Waals surface area contributed by atoms with Crippen LogP contribution in [0.25, 0.3) is 0 Å². The topological polar surface area (TPSA) is 48.2 Å². The first-order valence-corrected chi connectivity index (χ1v) is 3.63. The SMILES string of the molecule is COCc1noc([C@H](C)Cl)n1. The Labute approximate surface area is 69.5 Å². The summed E-state index contributed by atoms with van der Waals surface area (Å²) in [5, 5.41) is 3.39. The molecule has 1 rings (SSSR count). The fraction of sp³-hybridized carbons (Fsp3) is 0.667. The first kappa shape index (κ1) is 8.49. The molecule has 5 heteroatoms. The average molecular weight is 177 g/mol. The summed E-state index contributed by atoms with van der Waals surface area (Å²) in [6.07, 6.45) is 0. The number of alkyl halides is 1. The summed E-state index contributed by atoms with van der Waals surface area (Å²) in [5.41, 5.74) is 0. The maximum Gasteiger partial charge on any atom is 0.244 e. The minimum absolute atomic E-state index is 0.242. The van der Waals surface area contributed by atoms with Crippen LogP contribution in [0, 0.1) is 0 Å². The Morgan fingerprint density at radius 1 is 1.73 bits per heavy atom. The number of halogens is 1. The highest BCUT2D eigenvalue weighted by atomic mass is 35.5. The van der Waals surface area contributed by atoms with Gasteiger partial charge in [0.15, 0.2) is 5.82 Å². The monoisotopic (exact) mass is 176 g/mol. The molecule has 0 aromatic carbocycles. The lowest BCUT2D eigenvalue weighted by Crippen LogP contribution is -1.90. The molecule has 0 amide bonds. The largest absolute Gasteiger partial charge is 0.377 e. The summed E-state index contributed by atoms with van der Waals surface area (Å²) >= 11 is 5.68. The third-order valence-electron chi connectivity index (χ3n) is 1.10. The maximum absolute atomic E-state index is 5.68. The Bertz CT molecular complexity index is 224. The second-order valence-corrected chi connectivity index (χ2v) is 2.75. The van der Waals surface area contributed by atoms with Crippen molar-refractivity contribution < 1.29 is 9.26 Å². The predicted octanol–water partition coefficient (Wildman–Crippen LogP) is 1.52. The molecule has 0 N–H and O–H groups in total. The van der Waals surface area contributed by atoms with Crippen molar-refractivity contribution >= 4 is 11.6 Å². The van der Waals surface area contributed by atoms with Crippen LogP contribution in [0.4, 0.5) is 0 Å². The van der Waals surface area contributed by atoms with Gasteiger partial charge in [0.05, 0.1) is 0 Å². The molecular weight excluding hydrogens is 168 g/mol. The van der Waals surface area contributed by atoms with Gasteiger partial charge < -0.3 is 9.26 Å². The van der Waals surface area contributed by atoms with E-state index in [0.29, 0.717) is 18.3 Å². The molecule has 1 heterocycles. The summed E-state index contributed by atoms with van der Waals surface area (Å²) in [7, 11) is 1.57. The number of aromatic nitrogens is 2. The fourth-order valence-corrected chi connectivity index (χ4v) is 0.705. The van der Waals surface area contributed by atoms with Gasteiger partial charge in [0.1, 0.15) is 12.0 Å². The van der Waals surface area contributed by atoms with Gasteiger partial charge in [-0.15, -0.1) is 11.6 Å². The first-order valence-electron chi connectivity index (χ1n) is 3.19. The zero-order chi connectivity index (χ0) is 8.27. The van der Waals surface area contributed by atoms with E-state index in [1.165, 1.54) is 0 Å². The minimum Gasteiger partial charge on any atom is -0.377 e. The number of hydrogen-bond donors (Lipinski definition) is 0. The van der Waals surface area contributed by atoms with E-state index in [-0.39, 0.29) is 5.38 Å². The standard InChI is InChI=1S/C6H9ClN2O2/c1-4(7)6-8-5(3-10-2)9-11-6/h4H,3H2,1-2H3/t4-/m0/s1. The third-order valence-corrected chi connectivity index (χ3v) is 1.28. The Kier molecular flexibility index (Phi) is 2.84. The van der Waals surface area contributed by atoms with Crippen LogP contribution in [0.1, 0.15) is 24.0 Å². The van der Waals surface area contributed by atoms with Crippen molar-refractivity contribution in [2.45, 2.75) is 18.9 Å². The second-order valence-electron chi connectivity index (χ2n) is 2.10. The Morgan fingerprint density at radius 3 is 2.91 bits per heavy atom. The molecule has 1 aromatic heterocycles. The Hall–Kier alpha value is -0.610. The number of methoxy groups -OCH3 is 1. The molecule has 0 saturated heterocycles. The van der Waals surface area contributed by atoms with Crippen LogP contribution in [0.3, 0.4) is 0 Å². The van der Waals surface area contributed by atoms with Crippen molar-refractivity contribution in [2.24, 2.45) is 0 Å². The van der Waals surface area contributed by atoms with Gasteiger partial charge in [-0.3, -0.25) is 0 Å². The van der Waals surface area contributed by atoms with Gasteiger partial charge in [-0.25, -0.2) is 0 Å². The number of ether oxygens (including phenoxy) is 1. The highest BCUT2D eigenvalue weighted by Gasteiger charge is 2.10. The van der Waals surface area contributed by atoms with Crippen molar-refractivity contribution in [1.82, 2.24) is 10.1 Å². The molecule has 4 nitrogen and oxygen atoms in total. The molecule has 0 spiro atoms. The maximum atomic E-state index is 5.68. The average Bonchev–Trinajstić information content (AvgIpc) is 2.37. The van der Waals surface area contributed by atoms with Gasteiger partial charge in [0.25, 0.3) is 0 Å². The summed E-state index contributed by atoms with van der Waals surface area (Å²) in [5.74, 6) is 0.953. The normalized spacial score (nSPS) is 13.4. The molecule has 0 bridgehead atoms. The van der Waals surface area contributed by atoms with E-state index in [9.17, 15) is 0 Å². The van der Waals surface area contributed by atoms with E-state index in [1.807, 2.05) is 0 Å². The summed E-state index contributed by atoms with van der Waals surface area (Å²) in [6.45, 7) is 2.12. The van der Waals surface area contributed by atoms with Crippen molar-refractivity contribution in [3.05, 3.63) is 11.7 Å². The van der Waals surface area contributed by atoms with Gasteiger partial charge in [-0.2, -0.15) is 4.98 Å². The van der Waals surface area contributed by atoms with Crippen molar-refractivity contribution in [2.75, 3.05) is 7.11 Å². The van der Waals surface area contributed by atoms with Crippen LogP contribution in [0.15, 0.2) is 4.52 Å². The lowest BCUT2D eigenvalue weighted by atomic mass is 10.5. The van der Waals surface area contributed by atoms with Crippen molar-refractivity contribution in [1.29, 1.82) is 0 Å². The van der Waals surface area contributed by atoms with Crippen LogP contribution in [-0.4, -0.2) is 17.3 Å². The van der Waals surface area contributed by atoms with Crippen LogP contribution >= 0.6 is 11.6 Å². The highest BCUT2D eigenvalue weighted by Crippen LogP contribution is 2.16. The van der Waals surface area contributed by atoms with Gasteiger partial charge in [0.2, 0.25) is 5.89 Å². The lowest BCUT2D eigenvalue weighted by Gasteiger charge is -1.89. The molecule has 0 aliphatic carbocycles. The van der Waals surface area contributed by atoms with Gasteiger partial charge in [-0.1, -0.05) is 5.16 Å². The van der Waals surface area contributed by atoms with Gasteiger partial charge in [-0.05, 0) is 6.92 Å². The van der Waals surface area contributed by atoms with Crippen LogP contribution in [0.5, 0.6) is 0 Å². The third kappa shape index (κ3) is 2.17. The molecule has 0 radical (unpaired) electrons. The second kappa shape index (κ2) is 3.69. The molecule has 0 unspecified atom stereocenters. The van der Waals surface area contributed by atoms with E-state index in [1.54, 1.807) is 14.0 Å². The Morgan fingerprint density at radius 2 is 2.45 bits per heavy atom. The van der Waals surface area contributed by atoms with Gasteiger partial charge >= 0.3 is 0 Å². The molecule has 0 aliphatic heterocycles. The summed E-state index contributed by atoms with van der Waals surface area (Å²) in [6, 6.07) is 0. The summed E-state index contributed by atoms with van der Waals surface area (Å²) < 4.78 is 9.60. The van der Waals surface area contributed by atoms with E-state index in [2.05, 4.69) is 10.1 Å². The Balaban J connectivity index is 2.66. The van der Waals surface area contributed by atoms with E-state index < -0.39 is 0 Å². The first-order chi connectivity index (χ1) is 5.24. The molecule has 1 atom stereocenters. The zero-order valence-corrected chi connectivity index (χ0v) is 7.13. The highest BCUT2D eigenvalue weighted by molar-refractivity contribution is 6.20. The van der Waals surface area contributed by atoms with E-state index in [0.717, 1.165) is 0 Å². The molecule has 11 heavy (non-hydrogen) atoms.